The Morgan fingerprint density at radius 1 is 0.912 bits per heavy atom. The number of aromatic nitrogens is 2. The minimum Gasteiger partial charge on any atom is -0.438 e. The molecule has 3 heterocycles. The van der Waals surface area contributed by atoms with Crippen LogP contribution in [0.25, 0.3) is 0 Å². The van der Waals surface area contributed by atoms with E-state index < -0.39 is 0 Å². The number of piperazine rings is 1. The zero-order valence-electron chi connectivity index (χ0n) is 19.1. The van der Waals surface area contributed by atoms with Gasteiger partial charge in [0.15, 0.2) is 5.82 Å². The first-order valence-electron chi connectivity index (χ1n) is 11.5. The highest BCUT2D eigenvalue weighted by Crippen LogP contribution is 2.27. The number of amides is 2. The summed E-state index contributed by atoms with van der Waals surface area (Å²) in [5.41, 5.74) is 2.00. The fourth-order valence-corrected chi connectivity index (χ4v) is 4.41. The molecular weight excluding hydrogens is 430 g/mol. The summed E-state index contributed by atoms with van der Waals surface area (Å²) in [5, 5.41) is 8.48. The minimum absolute atomic E-state index is 0.00826. The quantitative estimate of drug-likeness (QED) is 0.585. The number of nitrogens with zero attached hydrogens (tertiary/aromatic N) is 5. The van der Waals surface area contributed by atoms with Crippen molar-refractivity contribution in [3.05, 3.63) is 72.3 Å². The summed E-state index contributed by atoms with van der Waals surface area (Å²) in [7, 11) is 0. The zero-order chi connectivity index (χ0) is 23.5. The standard InChI is InChI=1S/C26H27N5O3/c1-19-7-9-21(10-8-19)31-18-20(17-25(31)32)26(33)30-15-13-29(14-16-30)23-11-12-24(28-27-23)34-22-5-3-2-4-6-22/h2-12,20H,13-18H2,1H3. The first-order valence-corrected chi connectivity index (χ1v) is 11.5. The highest BCUT2D eigenvalue weighted by molar-refractivity contribution is 6.00. The number of para-hydroxylation sites is 1. The van der Waals surface area contributed by atoms with Crippen molar-refractivity contribution in [3.8, 4) is 11.6 Å². The summed E-state index contributed by atoms with van der Waals surface area (Å²) in [4.78, 5) is 31.4. The van der Waals surface area contributed by atoms with Crippen molar-refractivity contribution in [2.45, 2.75) is 13.3 Å². The fraction of sp³-hybridized carbons (Fsp3) is 0.308. The number of carbonyl (C=O) groups is 2. The molecule has 2 aliphatic heterocycles. The molecule has 1 aromatic heterocycles. The monoisotopic (exact) mass is 457 g/mol. The molecular formula is C26H27N5O3. The second-order valence-corrected chi connectivity index (χ2v) is 8.70. The summed E-state index contributed by atoms with van der Waals surface area (Å²) in [5.74, 6) is 1.67. The van der Waals surface area contributed by atoms with Crippen LogP contribution < -0.4 is 14.5 Å². The van der Waals surface area contributed by atoms with Crippen molar-refractivity contribution >= 4 is 23.3 Å². The molecule has 0 spiro atoms. The van der Waals surface area contributed by atoms with E-state index in [-0.39, 0.29) is 24.2 Å². The molecule has 5 rings (SSSR count). The van der Waals surface area contributed by atoms with E-state index in [0.717, 1.165) is 17.1 Å². The van der Waals surface area contributed by atoms with Crippen LogP contribution in [-0.4, -0.2) is 59.6 Å². The van der Waals surface area contributed by atoms with E-state index in [1.54, 1.807) is 11.0 Å². The number of aryl methyl sites for hydroxylation is 1. The van der Waals surface area contributed by atoms with Gasteiger partial charge in [0.05, 0.1) is 5.92 Å². The van der Waals surface area contributed by atoms with E-state index in [1.807, 2.05) is 72.5 Å². The van der Waals surface area contributed by atoms with Crippen LogP contribution in [0.2, 0.25) is 0 Å². The lowest BCUT2D eigenvalue weighted by atomic mass is 10.1. The Hall–Kier alpha value is -3.94. The van der Waals surface area contributed by atoms with Crippen LogP contribution in [-0.2, 0) is 9.59 Å². The molecule has 174 valence electrons. The summed E-state index contributed by atoms with van der Waals surface area (Å²) in [6, 6.07) is 21.0. The number of anilines is 2. The molecule has 2 fully saturated rings. The lowest BCUT2D eigenvalue weighted by Gasteiger charge is -2.36. The average Bonchev–Trinajstić information content (AvgIpc) is 3.27. The number of rotatable bonds is 5. The third-order valence-corrected chi connectivity index (χ3v) is 6.33. The van der Waals surface area contributed by atoms with Crippen molar-refractivity contribution in [3.63, 3.8) is 0 Å². The Morgan fingerprint density at radius 3 is 2.32 bits per heavy atom. The second kappa shape index (κ2) is 9.51. The molecule has 0 radical (unpaired) electrons. The maximum Gasteiger partial charge on any atom is 0.238 e. The largest absolute Gasteiger partial charge is 0.438 e. The third-order valence-electron chi connectivity index (χ3n) is 6.33. The van der Waals surface area contributed by atoms with Crippen LogP contribution in [0.5, 0.6) is 11.6 Å². The van der Waals surface area contributed by atoms with Gasteiger partial charge in [0, 0.05) is 50.9 Å². The molecule has 2 aliphatic rings. The second-order valence-electron chi connectivity index (χ2n) is 8.70. The minimum atomic E-state index is -0.297. The van der Waals surface area contributed by atoms with Crippen LogP contribution in [0.1, 0.15) is 12.0 Å². The SMILES string of the molecule is Cc1ccc(N2CC(C(=O)N3CCN(c4ccc(Oc5ccccc5)nn4)CC3)CC2=O)cc1. The maximum absolute atomic E-state index is 13.1. The first kappa shape index (κ1) is 21.9. The molecule has 1 atom stereocenters. The van der Waals surface area contributed by atoms with Gasteiger partial charge in [-0.15, -0.1) is 10.2 Å². The van der Waals surface area contributed by atoms with Gasteiger partial charge in [-0.2, -0.15) is 0 Å². The number of ether oxygens (including phenoxy) is 1. The smallest absolute Gasteiger partial charge is 0.238 e. The molecule has 2 saturated heterocycles. The van der Waals surface area contributed by atoms with Gasteiger partial charge in [-0.3, -0.25) is 9.59 Å². The van der Waals surface area contributed by atoms with E-state index in [1.165, 1.54) is 0 Å². The normalized spacial score (nSPS) is 18.3. The Bertz CT molecular complexity index is 1140. The topological polar surface area (TPSA) is 78.9 Å². The van der Waals surface area contributed by atoms with Crippen molar-refractivity contribution in [2.24, 2.45) is 5.92 Å². The Balaban J connectivity index is 1.15. The molecule has 0 saturated carbocycles. The molecule has 0 aliphatic carbocycles. The number of hydrogen-bond acceptors (Lipinski definition) is 6. The highest BCUT2D eigenvalue weighted by atomic mass is 16.5. The Labute approximate surface area is 198 Å². The van der Waals surface area contributed by atoms with Crippen molar-refractivity contribution < 1.29 is 14.3 Å². The van der Waals surface area contributed by atoms with Crippen LogP contribution in [0, 0.1) is 12.8 Å². The van der Waals surface area contributed by atoms with Gasteiger partial charge in [-0.25, -0.2) is 0 Å². The van der Waals surface area contributed by atoms with Crippen LogP contribution in [0.3, 0.4) is 0 Å². The van der Waals surface area contributed by atoms with Gasteiger partial charge in [0.1, 0.15) is 5.75 Å². The zero-order valence-corrected chi connectivity index (χ0v) is 19.1. The molecule has 0 bridgehead atoms. The van der Waals surface area contributed by atoms with E-state index in [4.69, 9.17) is 4.74 Å². The lowest BCUT2D eigenvalue weighted by Crippen LogP contribution is -2.51. The lowest BCUT2D eigenvalue weighted by molar-refractivity contribution is -0.136. The average molecular weight is 458 g/mol. The van der Waals surface area contributed by atoms with Crippen LogP contribution in [0.4, 0.5) is 11.5 Å². The van der Waals surface area contributed by atoms with E-state index >= 15 is 0 Å². The van der Waals surface area contributed by atoms with Crippen molar-refractivity contribution in [1.29, 1.82) is 0 Å². The number of carbonyl (C=O) groups excluding carboxylic acids is 2. The molecule has 2 aromatic carbocycles. The summed E-state index contributed by atoms with van der Waals surface area (Å²) < 4.78 is 5.70. The number of hydrogen-bond donors (Lipinski definition) is 0. The van der Waals surface area contributed by atoms with Crippen LogP contribution >= 0.6 is 0 Å². The molecule has 8 heteroatoms. The molecule has 34 heavy (non-hydrogen) atoms. The molecule has 3 aromatic rings. The van der Waals surface area contributed by atoms with E-state index in [2.05, 4.69) is 15.1 Å². The van der Waals surface area contributed by atoms with Gasteiger partial charge >= 0.3 is 0 Å². The van der Waals surface area contributed by atoms with Gasteiger partial charge < -0.3 is 19.4 Å². The van der Waals surface area contributed by atoms with Gasteiger partial charge in [0.2, 0.25) is 17.7 Å². The first-order chi connectivity index (χ1) is 16.6. The molecule has 2 amide bonds. The molecule has 0 N–H and O–H groups in total. The summed E-state index contributed by atoms with van der Waals surface area (Å²) in [6.07, 6.45) is 0.265. The van der Waals surface area contributed by atoms with E-state index in [0.29, 0.717) is 44.4 Å². The summed E-state index contributed by atoms with van der Waals surface area (Å²) >= 11 is 0. The number of benzene rings is 2. The molecule has 1 unspecified atom stereocenters. The Kier molecular flexibility index (Phi) is 6.12. The van der Waals surface area contributed by atoms with Crippen molar-refractivity contribution in [2.75, 3.05) is 42.5 Å². The van der Waals surface area contributed by atoms with Gasteiger partial charge in [-0.1, -0.05) is 35.9 Å². The predicted octanol–water partition coefficient (Wildman–Crippen LogP) is 3.28. The fourth-order valence-electron chi connectivity index (χ4n) is 4.41. The van der Waals surface area contributed by atoms with E-state index in [9.17, 15) is 9.59 Å². The predicted molar refractivity (Wildman–Crippen MR) is 129 cm³/mol. The van der Waals surface area contributed by atoms with Crippen molar-refractivity contribution in [1.82, 2.24) is 15.1 Å². The molecule has 8 nitrogen and oxygen atoms in total. The maximum atomic E-state index is 13.1. The van der Waals surface area contributed by atoms with Crippen LogP contribution in [0.15, 0.2) is 66.7 Å². The van der Waals surface area contributed by atoms with Gasteiger partial charge in [-0.05, 0) is 37.3 Å². The third kappa shape index (κ3) is 4.71. The van der Waals surface area contributed by atoms with Gasteiger partial charge in [0.25, 0.3) is 0 Å². The highest BCUT2D eigenvalue weighted by Gasteiger charge is 2.38. The Morgan fingerprint density at radius 2 is 1.65 bits per heavy atom. The summed E-state index contributed by atoms with van der Waals surface area (Å²) in [6.45, 7) is 4.98.